The standard InChI is InChI=1S/C10H11F2NO2S.C9H10ClNO.C2H2/c1-16-5-4-15-7-3-2-6(11)8(9(7)12)10(13)14;1-11-6-7-3-4-8(10)5-9(7)12-2;1-2/h2-3H,4-5H2,1H3,(H2,13,14);3-5H,1,6H2,2H3;1-2H. The number of halogens is 3. The average Bonchev–Trinajstić information content (AvgIpc) is 2.73. The van der Waals surface area contributed by atoms with Crippen molar-refractivity contribution in [1.29, 1.82) is 0 Å². The third kappa shape index (κ3) is 8.72. The molecule has 2 aromatic rings. The van der Waals surface area contributed by atoms with Gasteiger partial charge >= 0.3 is 0 Å². The van der Waals surface area contributed by atoms with E-state index in [0.717, 1.165) is 23.4 Å². The maximum Gasteiger partial charge on any atom is 0.254 e. The first-order valence-electron chi connectivity index (χ1n) is 8.33. The van der Waals surface area contributed by atoms with Crippen molar-refractivity contribution in [3.63, 3.8) is 0 Å². The second-order valence-electron chi connectivity index (χ2n) is 5.28. The van der Waals surface area contributed by atoms with Gasteiger partial charge in [-0.15, -0.1) is 12.8 Å². The van der Waals surface area contributed by atoms with Crippen LogP contribution in [0.4, 0.5) is 8.78 Å². The number of aliphatic imine (C=N–C) groups is 1. The average molecular weight is 457 g/mol. The highest BCUT2D eigenvalue weighted by Crippen LogP contribution is 2.24. The highest BCUT2D eigenvalue weighted by molar-refractivity contribution is 7.98. The number of methoxy groups -OCH3 is 1. The molecule has 0 bridgehead atoms. The molecule has 2 aromatic carbocycles. The molecule has 0 saturated carbocycles. The lowest BCUT2D eigenvalue weighted by atomic mass is 10.2. The Balaban J connectivity index is 0.000000535. The number of hydrogen-bond acceptors (Lipinski definition) is 5. The van der Waals surface area contributed by atoms with E-state index < -0.39 is 23.1 Å². The van der Waals surface area contributed by atoms with Gasteiger partial charge in [0.2, 0.25) is 0 Å². The molecule has 5 nitrogen and oxygen atoms in total. The normalized spacial score (nSPS) is 9.30. The minimum Gasteiger partial charge on any atom is -0.496 e. The third-order valence-electron chi connectivity index (χ3n) is 3.38. The van der Waals surface area contributed by atoms with Crippen LogP contribution in [0.25, 0.3) is 0 Å². The Morgan fingerprint density at radius 3 is 2.47 bits per heavy atom. The summed E-state index contributed by atoms with van der Waals surface area (Å²) in [7, 11) is 1.61. The molecule has 0 unspecified atom stereocenters. The van der Waals surface area contributed by atoms with Gasteiger partial charge < -0.3 is 15.2 Å². The molecule has 30 heavy (non-hydrogen) atoms. The molecule has 0 fully saturated rings. The molecule has 2 rings (SSSR count). The van der Waals surface area contributed by atoms with Crippen molar-refractivity contribution in [3.05, 3.63) is 58.1 Å². The fraction of sp³-hybridized carbons (Fsp3) is 0.238. The van der Waals surface area contributed by atoms with Crippen molar-refractivity contribution in [2.75, 3.05) is 25.7 Å². The number of amides is 1. The number of thioether (sulfide) groups is 1. The van der Waals surface area contributed by atoms with Crippen LogP contribution in [0.15, 0.2) is 35.3 Å². The van der Waals surface area contributed by atoms with E-state index in [4.69, 9.17) is 26.8 Å². The zero-order chi connectivity index (χ0) is 23.1. The maximum atomic E-state index is 13.5. The number of rotatable bonds is 8. The fourth-order valence-electron chi connectivity index (χ4n) is 2.08. The molecule has 0 aromatic heterocycles. The van der Waals surface area contributed by atoms with E-state index in [1.165, 1.54) is 11.8 Å². The van der Waals surface area contributed by atoms with Crippen LogP contribution in [-0.2, 0) is 6.54 Å². The SMILES string of the molecule is C#C.C=NCc1ccc(Cl)cc1OC.CSCCOc1ccc(F)c(C(N)=O)c1F. The Morgan fingerprint density at radius 2 is 1.93 bits per heavy atom. The van der Waals surface area contributed by atoms with Crippen molar-refractivity contribution in [1.82, 2.24) is 0 Å². The Labute approximate surface area is 184 Å². The van der Waals surface area contributed by atoms with Gasteiger partial charge in [-0.1, -0.05) is 17.7 Å². The molecule has 0 heterocycles. The van der Waals surface area contributed by atoms with Crippen molar-refractivity contribution in [2.24, 2.45) is 10.7 Å². The molecule has 1 amide bonds. The third-order valence-corrected chi connectivity index (χ3v) is 4.19. The van der Waals surface area contributed by atoms with E-state index in [0.29, 0.717) is 17.3 Å². The summed E-state index contributed by atoms with van der Waals surface area (Å²) < 4.78 is 36.8. The summed E-state index contributed by atoms with van der Waals surface area (Å²) in [4.78, 5) is 14.6. The van der Waals surface area contributed by atoms with E-state index in [9.17, 15) is 13.6 Å². The minimum absolute atomic E-state index is 0.163. The van der Waals surface area contributed by atoms with Gasteiger partial charge in [0.15, 0.2) is 11.6 Å². The predicted molar refractivity (Wildman–Crippen MR) is 120 cm³/mol. The molecule has 0 aliphatic heterocycles. The molecule has 9 heteroatoms. The lowest BCUT2D eigenvalue weighted by Gasteiger charge is -2.08. The smallest absolute Gasteiger partial charge is 0.254 e. The number of nitrogens with two attached hydrogens (primary N) is 1. The van der Waals surface area contributed by atoms with Crippen LogP contribution in [0.5, 0.6) is 11.5 Å². The number of terminal acetylenes is 1. The highest BCUT2D eigenvalue weighted by Gasteiger charge is 2.18. The number of primary amides is 1. The molecule has 2 N–H and O–H groups in total. The molecule has 0 saturated heterocycles. The Hall–Kier alpha value is -2.76. The van der Waals surface area contributed by atoms with Crippen molar-refractivity contribution in [2.45, 2.75) is 6.54 Å². The monoisotopic (exact) mass is 456 g/mol. The van der Waals surface area contributed by atoms with Gasteiger partial charge in [0.05, 0.1) is 20.3 Å². The number of carbonyl (C=O) groups is 1. The predicted octanol–water partition coefficient (Wildman–Crippen LogP) is 4.60. The van der Waals surface area contributed by atoms with Gasteiger partial charge in [0.1, 0.15) is 17.1 Å². The molecule has 162 valence electrons. The zero-order valence-electron chi connectivity index (χ0n) is 16.7. The maximum absolute atomic E-state index is 13.5. The van der Waals surface area contributed by atoms with Gasteiger partial charge in [0, 0.05) is 16.3 Å². The van der Waals surface area contributed by atoms with E-state index in [-0.39, 0.29) is 12.4 Å². The summed E-state index contributed by atoms with van der Waals surface area (Å²) in [5, 5.41) is 0.666. The van der Waals surface area contributed by atoms with Gasteiger partial charge in [-0.05, 0) is 37.2 Å². The summed E-state index contributed by atoms with van der Waals surface area (Å²) in [6, 6.07) is 7.55. The summed E-state index contributed by atoms with van der Waals surface area (Å²) in [5.74, 6) is -1.91. The largest absolute Gasteiger partial charge is 0.496 e. The van der Waals surface area contributed by atoms with Gasteiger partial charge in [-0.25, -0.2) is 8.78 Å². The van der Waals surface area contributed by atoms with Crippen LogP contribution in [0.1, 0.15) is 15.9 Å². The molecular formula is C21H23ClF2N2O3S. The van der Waals surface area contributed by atoms with Crippen molar-refractivity contribution in [3.8, 4) is 24.3 Å². The van der Waals surface area contributed by atoms with Crippen molar-refractivity contribution >= 4 is 36.0 Å². The van der Waals surface area contributed by atoms with Crippen LogP contribution >= 0.6 is 23.4 Å². The second kappa shape index (κ2) is 15.1. The van der Waals surface area contributed by atoms with Gasteiger partial charge in [-0.3, -0.25) is 9.79 Å². The summed E-state index contributed by atoms with van der Waals surface area (Å²) in [6.45, 7) is 4.25. The van der Waals surface area contributed by atoms with Crippen LogP contribution in [-0.4, -0.2) is 38.3 Å². The summed E-state index contributed by atoms with van der Waals surface area (Å²) in [6.07, 6.45) is 9.87. The lowest BCUT2D eigenvalue weighted by molar-refractivity contribution is 0.0991. The first-order chi connectivity index (χ1) is 14.3. The van der Waals surface area contributed by atoms with E-state index in [2.05, 4.69) is 24.6 Å². The van der Waals surface area contributed by atoms with Crippen molar-refractivity contribution < 1.29 is 23.0 Å². The van der Waals surface area contributed by atoms with Gasteiger partial charge in [0.25, 0.3) is 5.91 Å². The molecule has 0 radical (unpaired) electrons. The van der Waals surface area contributed by atoms with E-state index >= 15 is 0 Å². The minimum atomic E-state index is -1.15. The van der Waals surface area contributed by atoms with E-state index in [1.807, 2.05) is 18.4 Å². The quantitative estimate of drug-likeness (QED) is 0.358. The van der Waals surface area contributed by atoms with Crippen LogP contribution in [0.2, 0.25) is 5.02 Å². The lowest BCUT2D eigenvalue weighted by Crippen LogP contribution is -2.16. The number of ether oxygens (including phenoxy) is 2. The van der Waals surface area contributed by atoms with Crippen LogP contribution < -0.4 is 15.2 Å². The number of hydrogen-bond donors (Lipinski definition) is 1. The van der Waals surface area contributed by atoms with Crippen LogP contribution in [0, 0.1) is 24.5 Å². The topological polar surface area (TPSA) is 73.9 Å². The number of carbonyl (C=O) groups excluding carboxylic acids is 1. The molecule has 0 atom stereocenters. The fourth-order valence-corrected chi connectivity index (χ4v) is 2.49. The Morgan fingerprint density at radius 1 is 1.27 bits per heavy atom. The Kier molecular flexibility index (Phi) is 13.7. The summed E-state index contributed by atoms with van der Waals surface area (Å²) >= 11 is 7.30. The zero-order valence-corrected chi connectivity index (χ0v) is 18.2. The first kappa shape index (κ1) is 27.2. The molecule has 0 spiro atoms. The molecule has 0 aliphatic carbocycles. The molecular weight excluding hydrogens is 434 g/mol. The Bertz CT molecular complexity index is 864. The first-order valence-corrected chi connectivity index (χ1v) is 10.1. The highest BCUT2D eigenvalue weighted by atomic mass is 35.5. The van der Waals surface area contributed by atoms with Gasteiger partial charge in [-0.2, -0.15) is 11.8 Å². The van der Waals surface area contributed by atoms with E-state index in [1.54, 1.807) is 13.2 Å². The second-order valence-corrected chi connectivity index (χ2v) is 6.70. The van der Waals surface area contributed by atoms with Crippen LogP contribution in [0.3, 0.4) is 0 Å². The summed E-state index contributed by atoms with van der Waals surface area (Å²) in [5.41, 5.74) is 5.10. The number of benzene rings is 2. The number of nitrogens with zero attached hydrogens (tertiary/aromatic N) is 1. The molecule has 0 aliphatic rings.